The Labute approximate surface area is 242 Å². The molecule has 0 N–H and O–H groups in total. The van der Waals surface area contributed by atoms with Crippen LogP contribution in [0.2, 0.25) is 0 Å². The summed E-state index contributed by atoms with van der Waals surface area (Å²) in [4.78, 5) is 3.69. The number of para-hydroxylation sites is 3. The smallest absolute Gasteiger partial charge is 0.188 e. The van der Waals surface area contributed by atoms with Crippen LogP contribution in [0.25, 0.3) is 71.0 Å². The lowest BCUT2D eigenvalue weighted by atomic mass is 10.00. The van der Waals surface area contributed by atoms with Crippen LogP contribution in [0.4, 0.5) is 5.69 Å². The van der Waals surface area contributed by atoms with Crippen LogP contribution in [-0.4, -0.2) is 9.13 Å². The maximum Gasteiger partial charge on any atom is 0.188 e. The molecule has 42 heavy (non-hydrogen) atoms. The predicted octanol–water partition coefficient (Wildman–Crippen LogP) is 9.97. The first-order valence-corrected chi connectivity index (χ1v) is 13.8. The van der Waals surface area contributed by atoms with E-state index in [1.54, 1.807) is 0 Å². The zero-order valence-electron chi connectivity index (χ0n) is 22.5. The second-order valence-electron chi connectivity index (χ2n) is 10.4. The summed E-state index contributed by atoms with van der Waals surface area (Å²) in [5.41, 5.74) is 9.99. The van der Waals surface area contributed by atoms with Gasteiger partial charge in [-0.25, -0.2) is 4.85 Å². The van der Waals surface area contributed by atoms with E-state index in [1.165, 1.54) is 21.8 Å². The second kappa shape index (κ2) is 9.24. The maximum absolute atomic E-state index is 9.38. The van der Waals surface area contributed by atoms with Crippen LogP contribution in [-0.2, 0) is 0 Å². The molecule has 4 nitrogen and oxygen atoms in total. The molecule has 0 radical (unpaired) electrons. The zero-order chi connectivity index (χ0) is 28.2. The Hall–Kier alpha value is -6.10. The fourth-order valence-electron chi connectivity index (χ4n) is 6.31. The minimum Gasteiger partial charge on any atom is -0.309 e. The van der Waals surface area contributed by atoms with Crippen LogP contribution in [0.15, 0.2) is 133 Å². The van der Waals surface area contributed by atoms with E-state index in [4.69, 9.17) is 6.57 Å². The molecule has 0 fully saturated rings. The van der Waals surface area contributed by atoms with Gasteiger partial charge in [-0.2, -0.15) is 5.26 Å². The van der Waals surface area contributed by atoms with Gasteiger partial charge in [0.2, 0.25) is 0 Å². The monoisotopic (exact) mass is 534 g/mol. The second-order valence-corrected chi connectivity index (χ2v) is 10.4. The number of aromatic nitrogens is 2. The number of hydrogen-bond acceptors (Lipinski definition) is 1. The van der Waals surface area contributed by atoms with Crippen molar-refractivity contribution in [3.63, 3.8) is 0 Å². The summed E-state index contributed by atoms with van der Waals surface area (Å²) >= 11 is 0. The first-order chi connectivity index (χ1) is 20.7. The number of fused-ring (bicyclic) bond motifs is 6. The van der Waals surface area contributed by atoms with Crippen LogP contribution in [0.3, 0.4) is 0 Å². The molecule has 0 aliphatic heterocycles. The van der Waals surface area contributed by atoms with E-state index in [2.05, 4.69) is 105 Å². The summed E-state index contributed by atoms with van der Waals surface area (Å²) in [6.45, 7) is 7.59. The fraction of sp³-hybridized carbons (Fsp3) is 0. The van der Waals surface area contributed by atoms with Crippen LogP contribution in [0.1, 0.15) is 5.56 Å². The topological polar surface area (TPSA) is 38.0 Å². The van der Waals surface area contributed by atoms with Gasteiger partial charge in [0.05, 0.1) is 40.3 Å². The van der Waals surface area contributed by atoms with Crippen LogP contribution in [0, 0.1) is 17.9 Å². The minimum atomic E-state index is 0.614. The van der Waals surface area contributed by atoms with Gasteiger partial charge in [-0.1, -0.05) is 72.8 Å². The molecule has 0 aliphatic rings. The Kier molecular flexibility index (Phi) is 5.22. The molecule has 0 unspecified atom stereocenters. The van der Waals surface area contributed by atoms with Gasteiger partial charge in [0.15, 0.2) is 5.69 Å². The highest BCUT2D eigenvalue weighted by molar-refractivity contribution is 6.15. The lowest BCUT2D eigenvalue weighted by Gasteiger charge is -2.13. The quantitative estimate of drug-likeness (QED) is 0.208. The van der Waals surface area contributed by atoms with Gasteiger partial charge in [-0.3, -0.25) is 0 Å². The lowest BCUT2D eigenvalue weighted by molar-refractivity contribution is 1.18. The van der Waals surface area contributed by atoms with Crippen LogP contribution in [0.5, 0.6) is 0 Å². The molecule has 194 valence electrons. The standard InChI is InChI=1S/C38H22N4/c1-40-27-17-21-36-34(23-27)32-20-16-26(22-37(32)41(36)29-18-14-25(24-39)15-19-29)30-11-7-12-33-31-10-5-6-13-35(31)42(38(30)33)28-8-3-2-4-9-28/h2-23H. The Bertz CT molecular complexity index is 2410. The Balaban J connectivity index is 1.46. The molecule has 8 aromatic rings. The van der Waals surface area contributed by atoms with Crippen molar-refractivity contribution >= 4 is 49.3 Å². The van der Waals surface area contributed by atoms with Crippen molar-refractivity contribution in [1.29, 1.82) is 5.26 Å². The molecule has 0 bridgehead atoms. The number of benzene rings is 6. The predicted molar refractivity (Wildman–Crippen MR) is 172 cm³/mol. The third kappa shape index (κ3) is 3.47. The van der Waals surface area contributed by atoms with Crippen molar-refractivity contribution in [2.24, 2.45) is 0 Å². The van der Waals surface area contributed by atoms with Crippen molar-refractivity contribution in [2.75, 3.05) is 0 Å². The van der Waals surface area contributed by atoms with Crippen molar-refractivity contribution in [3.8, 4) is 28.6 Å². The Morgan fingerprint density at radius 1 is 0.548 bits per heavy atom. The molecule has 0 saturated heterocycles. The van der Waals surface area contributed by atoms with Gasteiger partial charge in [-0.15, -0.1) is 0 Å². The third-order valence-corrected chi connectivity index (χ3v) is 8.15. The van der Waals surface area contributed by atoms with Gasteiger partial charge in [0.25, 0.3) is 0 Å². The Morgan fingerprint density at radius 2 is 1.26 bits per heavy atom. The van der Waals surface area contributed by atoms with Gasteiger partial charge in [0.1, 0.15) is 0 Å². The number of nitriles is 1. The summed E-state index contributed by atoms with van der Waals surface area (Å²) in [6, 6.07) is 48.0. The molecule has 2 heterocycles. The average Bonchev–Trinajstić information content (AvgIpc) is 3.57. The highest BCUT2D eigenvalue weighted by atomic mass is 15.0. The Morgan fingerprint density at radius 3 is 2.07 bits per heavy atom. The van der Waals surface area contributed by atoms with E-state index >= 15 is 0 Å². The average molecular weight is 535 g/mol. The molecule has 0 spiro atoms. The molecule has 6 aromatic carbocycles. The van der Waals surface area contributed by atoms with Gasteiger partial charge >= 0.3 is 0 Å². The molecule has 0 atom stereocenters. The van der Waals surface area contributed by atoms with E-state index in [1.807, 2.05) is 48.5 Å². The summed E-state index contributed by atoms with van der Waals surface area (Å²) in [6.07, 6.45) is 0. The number of rotatable bonds is 3. The van der Waals surface area contributed by atoms with Gasteiger partial charge in [-0.05, 0) is 71.6 Å². The van der Waals surface area contributed by atoms with E-state index in [-0.39, 0.29) is 0 Å². The van der Waals surface area contributed by atoms with E-state index in [0.717, 1.165) is 44.3 Å². The molecule has 0 amide bonds. The molecule has 2 aromatic heterocycles. The lowest BCUT2D eigenvalue weighted by Crippen LogP contribution is -1.96. The fourth-order valence-corrected chi connectivity index (χ4v) is 6.31. The molecular formula is C38H22N4. The zero-order valence-corrected chi connectivity index (χ0v) is 22.5. The van der Waals surface area contributed by atoms with Crippen LogP contribution >= 0.6 is 0 Å². The summed E-state index contributed by atoms with van der Waals surface area (Å²) in [7, 11) is 0. The number of nitrogens with zero attached hydrogens (tertiary/aromatic N) is 4. The summed E-state index contributed by atoms with van der Waals surface area (Å²) in [5, 5.41) is 13.9. The maximum atomic E-state index is 9.38. The first-order valence-electron chi connectivity index (χ1n) is 13.8. The van der Waals surface area contributed by atoms with Crippen molar-refractivity contribution in [2.45, 2.75) is 0 Å². The number of hydrogen-bond donors (Lipinski definition) is 0. The molecule has 8 rings (SSSR count). The minimum absolute atomic E-state index is 0.614. The first kappa shape index (κ1) is 23.8. The van der Waals surface area contributed by atoms with E-state index in [9.17, 15) is 5.26 Å². The third-order valence-electron chi connectivity index (χ3n) is 8.15. The summed E-state index contributed by atoms with van der Waals surface area (Å²) in [5.74, 6) is 0. The molecule has 4 heteroatoms. The summed E-state index contributed by atoms with van der Waals surface area (Å²) < 4.78 is 4.60. The van der Waals surface area contributed by atoms with E-state index < -0.39 is 0 Å². The normalized spacial score (nSPS) is 11.3. The van der Waals surface area contributed by atoms with Crippen molar-refractivity contribution in [3.05, 3.63) is 150 Å². The largest absolute Gasteiger partial charge is 0.309 e. The highest BCUT2D eigenvalue weighted by Crippen LogP contribution is 2.41. The molecule has 0 aliphatic carbocycles. The SMILES string of the molecule is [C-]#[N+]c1ccc2c(c1)c1ccc(-c3cccc4c5ccccc5n(-c5ccccc5)c34)cc1n2-c1ccc(C#N)cc1. The van der Waals surface area contributed by atoms with Gasteiger partial charge < -0.3 is 9.13 Å². The van der Waals surface area contributed by atoms with Crippen molar-refractivity contribution in [1.82, 2.24) is 9.13 Å². The molecular weight excluding hydrogens is 512 g/mol. The highest BCUT2D eigenvalue weighted by Gasteiger charge is 2.18. The molecule has 0 saturated carbocycles. The van der Waals surface area contributed by atoms with Gasteiger partial charge in [0, 0.05) is 33.1 Å². The van der Waals surface area contributed by atoms with Crippen molar-refractivity contribution < 1.29 is 0 Å². The van der Waals surface area contributed by atoms with Crippen LogP contribution < -0.4 is 0 Å². The van der Waals surface area contributed by atoms with E-state index in [0.29, 0.717) is 11.3 Å².